The van der Waals surface area contributed by atoms with E-state index in [9.17, 15) is 14.3 Å². The van der Waals surface area contributed by atoms with Crippen molar-refractivity contribution < 1.29 is 19.0 Å². The van der Waals surface area contributed by atoms with E-state index in [1.165, 1.54) is 6.92 Å². The van der Waals surface area contributed by atoms with Crippen LogP contribution in [-0.4, -0.2) is 38.1 Å². The van der Waals surface area contributed by atoms with Crippen molar-refractivity contribution in [3.63, 3.8) is 0 Å². The minimum atomic E-state index is -1.41. The fourth-order valence-electron chi connectivity index (χ4n) is 4.28. The minimum Gasteiger partial charge on any atom is -0.461 e. The molecule has 164 valence electrons. The lowest BCUT2D eigenvalue weighted by Gasteiger charge is -2.13. The molecule has 1 unspecified atom stereocenters. The van der Waals surface area contributed by atoms with Crippen molar-refractivity contribution >= 4 is 16.8 Å². The van der Waals surface area contributed by atoms with E-state index in [1.807, 2.05) is 30.7 Å². The van der Waals surface area contributed by atoms with Gasteiger partial charge in [0.25, 0.3) is 0 Å². The number of alkyl halides is 1. The third-order valence-electron chi connectivity index (χ3n) is 5.83. The summed E-state index contributed by atoms with van der Waals surface area (Å²) in [4.78, 5) is 17.4. The summed E-state index contributed by atoms with van der Waals surface area (Å²) < 4.78 is 20.3. The number of halogens is 1. The van der Waals surface area contributed by atoms with Crippen molar-refractivity contribution in [2.45, 2.75) is 65.0 Å². The Labute approximate surface area is 181 Å². The van der Waals surface area contributed by atoms with Crippen molar-refractivity contribution in [1.82, 2.24) is 14.8 Å². The third-order valence-corrected chi connectivity index (χ3v) is 5.83. The van der Waals surface area contributed by atoms with Gasteiger partial charge in [-0.15, -0.1) is 0 Å². The highest BCUT2D eigenvalue weighted by Gasteiger charge is 2.28. The van der Waals surface area contributed by atoms with Crippen LogP contribution in [0, 0.1) is 5.92 Å². The van der Waals surface area contributed by atoms with E-state index >= 15 is 0 Å². The Morgan fingerprint density at radius 2 is 2.10 bits per heavy atom. The van der Waals surface area contributed by atoms with Crippen LogP contribution in [0.25, 0.3) is 22.3 Å². The van der Waals surface area contributed by atoms with Crippen LogP contribution in [0.5, 0.6) is 5.75 Å². The molecule has 0 aliphatic heterocycles. The van der Waals surface area contributed by atoms with Crippen LogP contribution in [0.15, 0.2) is 36.5 Å². The maximum absolute atomic E-state index is 13.3. The van der Waals surface area contributed by atoms with Crippen molar-refractivity contribution in [1.29, 1.82) is 0 Å². The molecule has 1 aromatic carbocycles. The van der Waals surface area contributed by atoms with Crippen LogP contribution in [0.2, 0.25) is 0 Å². The number of ketones is 1. The highest BCUT2D eigenvalue weighted by molar-refractivity contribution is 6.00. The van der Waals surface area contributed by atoms with E-state index < -0.39 is 12.5 Å². The Balaban J connectivity index is 1.71. The van der Waals surface area contributed by atoms with Crippen LogP contribution in [-0.2, 0) is 0 Å². The summed E-state index contributed by atoms with van der Waals surface area (Å²) in [7, 11) is 0. The molecule has 1 fully saturated rings. The highest BCUT2D eigenvalue weighted by Crippen LogP contribution is 2.33. The summed E-state index contributed by atoms with van der Waals surface area (Å²) in [6.45, 7) is 5.37. The number of Topliss-reactive ketones (excluding diaryl/α,β-unsaturated/α-hetero) is 1. The number of aliphatic hydroxyl groups is 1. The maximum Gasteiger partial charge on any atom is 0.235 e. The molecular formula is C24H28FN3O3. The first-order valence-corrected chi connectivity index (χ1v) is 10.8. The molecule has 0 spiro atoms. The summed E-state index contributed by atoms with van der Waals surface area (Å²) in [5.74, 6) is 0.432. The predicted octanol–water partition coefficient (Wildman–Crippen LogP) is 5.11. The van der Waals surface area contributed by atoms with Gasteiger partial charge < -0.3 is 9.84 Å². The van der Waals surface area contributed by atoms with E-state index in [-0.39, 0.29) is 17.7 Å². The molecule has 4 rings (SSSR count). The Morgan fingerprint density at radius 1 is 1.29 bits per heavy atom. The normalized spacial score (nSPS) is 19.8. The number of aromatic nitrogens is 3. The van der Waals surface area contributed by atoms with Crippen LogP contribution in [0.1, 0.15) is 62.9 Å². The van der Waals surface area contributed by atoms with Gasteiger partial charge in [-0.25, -0.2) is 4.39 Å². The number of nitrogens with zero attached hydrogens (tertiary/aromatic N) is 3. The lowest BCUT2D eigenvalue weighted by Crippen LogP contribution is -2.17. The van der Waals surface area contributed by atoms with Gasteiger partial charge in [-0.3, -0.25) is 14.5 Å². The zero-order valence-electron chi connectivity index (χ0n) is 18.1. The monoisotopic (exact) mass is 425 g/mol. The van der Waals surface area contributed by atoms with Gasteiger partial charge in [-0.05, 0) is 50.8 Å². The lowest BCUT2D eigenvalue weighted by molar-refractivity contribution is 0.0859. The first-order chi connectivity index (χ1) is 14.8. The number of carbonyl (C=O) groups excluding carboxylic acids is 1. The Hall–Kier alpha value is -2.80. The smallest absolute Gasteiger partial charge is 0.235 e. The van der Waals surface area contributed by atoms with Crippen LogP contribution >= 0.6 is 0 Å². The summed E-state index contributed by atoms with van der Waals surface area (Å²) in [6.07, 6.45) is 2.73. The molecule has 0 bridgehead atoms. The van der Waals surface area contributed by atoms with Gasteiger partial charge in [0.15, 0.2) is 5.78 Å². The molecule has 3 aromatic rings. The number of ether oxygens (including phenoxy) is 1. The second-order valence-electron chi connectivity index (χ2n) is 8.55. The van der Waals surface area contributed by atoms with Crippen molar-refractivity contribution in [2.75, 3.05) is 0 Å². The van der Waals surface area contributed by atoms with Crippen molar-refractivity contribution in [3.8, 4) is 17.0 Å². The quantitative estimate of drug-likeness (QED) is 0.533. The number of hydrogen-bond donors (Lipinski definition) is 1. The van der Waals surface area contributed by atoms with Gasteiger partial charge in [-0.1, -0.05) is 18.6 Å². The number of hydrogen-bond acceptors (Lipinski definition) is 5. The largest absolute Gasteiger partial charge is 0.461 e. The Morgan fingerprint density at radius 3 is 2.77 bits per heavy atom. The number of benzene rings is 1. The highest BCUT2D eigenvalue weighted by atomic mass is 19.1. The molecule has 1 aliphatic rings. The second kappa shape index (κ2) is 8.75. The van der Waals surface area contributed by atoms with Gasteiger partial charge in [0.05, 0.1) is 11.6 Å². The molecule has 0 amide bonds. The van der Waals surface area contributed by atoms with Gasteiger partial charge in [0.1, 0.15) is 17.0 Å². The molecule has 1 aliphatic carbocycles. The number of rotatable bonds is 7. The topological polar surface area (TPSA) is 77.2 Å². The zero-order chi connectivity index (χ0) is 22.1. The van der Waals surface area contributed by atoms with Gasteiger partial charge in [0, 0.05) is 36.7 Å². The third kappa shape index (κ3) is 4.46. The van der Waals surface area contributed by atoms with Crippen molar-refractivity contribution in [2.24, 2.45) is 5.92 Å². The van der Waals surface area contributed by atoms with E-state index in [2.05, 4.69) is 4.98 Å². The average Bonchev–Trinajstić information content (AvgIpc) is 3.30. The first kappa shape index (κ1) is 21.4. The number of pyridine rings is 1. The zero-order valence-corrected chi connectivity index (χ0v) is 18.1. The standard InChI is InChI=1S/C24H28FN3O3/c1-14(2)28-20-11-18(22(30)12-16-6-5-9-21(16)29)13-26-24(20)23(27-28)17-7-4-8-19(10-17)31-15(3)25/h4,7-8,10-11,13-16,21,29H,5-6,9,12H2,1-3H3/t15?,16-,21-/m1/s1. The number of carbonyl (C=O) groups is 1. The summed E-state index contributed by atoms with van der Waals surface area (Å²) in [6, 6.07) is 9.01. The molecule has 0 saturated heterocycles. The molecule has 2 heterocycles. The minimum absolute atomic E-state index is 0.00858. The Bertz CT molecular complexity index is 1090. The molecule has 1 N–H and O–H groups in total. The molecule has 2 aromatic heterocycles. The molecule has 7 heteroatoms. The van der Waals surface area contributed by atoms with Crippen molar-refractivity contribution in [3.05, 3.63) is 42.1 Å². The first-order valence-electron chi connectivity index (χ1n) is 10.8. The molecule has 31 heavy (non-hydrogen) atoms. The maximum atomic E-state index is 13.3. The average molecular weight is 426 g/mol. The van der Waals surface area contributed by atoms with E-state index in [1.54, 1.807) is 24.4 Å². The Kier molecular flexibility index (Phi) is 6.05. The number of aliphatic hydroxyl groups excluding tert-OH is 1. The van der Waals surface area contributed by atoms with Crippen LogP contribution in [0.3, 0.4) is 0 Å². The van der Waals surface area contributed by atoms with Gasteiger partial charge >= 0.3 is 0 Å². The second-order valence-corrected chi connectivity index (χ2v) is 8.55. The van der Waals surface area contributed by atoms with E-state index in [0.717, 1.165) is 30.3 Å². The van der Waals surface area contributed by atoms with Crippen LogP contribution < -0.4 is 4.74 Å². The molecule has 6 nitrogen and oxygen atoms in total. The summed E-state index contributed by atoms with van der Waals surface area (Å²) in [5.41, 5.74) is 3.40. The van der Waals surface area contributed by atoms with Crippen LogP contribution in [0.4, 0.5) is 4.39 Å². The fraction of sp³-hybridized carbons (Fsp3) is 0.458. The SMILES string of the molecule is CC(F)Oc1cccc(-c2nn(C(C)C)c3cc(C(=O)C[C@H]4CCC[C@H]4O)cnc23)c1. The molecular weight excluding hydrogens is 397 g/mol. The van der Waals surface area contributed by atoms with Gasteiger partial charge in [-0.2, -0.15) is 5.10 Å². The fourth-order valence-corrected chi connectivity index (χ4v) is 4.28. The lowest BCUT2D eigenvalue weighted by atomic mass is 9.96. The summed E-state index contributed by atoms with van der Waals surface area (Å²) >= 11 is 0. The van der Waals surface area contributed by atoms with E-state index in [4.69, 9.17) is 9.84 Å². The van der Waals surface area contributed by atoms with Gasteiger partial charge in [0.2, 0.25) is 6.36 Å². The molecule has 0 radical (unpaired) electrons. The number of fused-ring (bicyclic) bond motifs is 1. The summed E-state index contributed by atoms with van der Waals surface area (Å²) in [5, 5.41) is 14.8. The molecule has 1 saturated carbocycles. The molecule has 3 atom stereocenters. The predicted molar refractivity (Wildman–Crippen MR) is 117 cm³/mol. The van der Waals surface area contributed by atoms with E-state index in [0.29, 0.717) is 28.9 Å².